The number of Topliss-reactive ketones (excluding diaryl/α,β-unsaturated/α-hetero) is 1. The highest BCUT2D eigenvalue weighted by molar-refractivity contribution is 7.12. The first-order valence-electron chi connectivity index (χ1n) is 8.42. The van der Waals surface area contributed by atoms with E-state index in [2.05, 4.69) is 0 Å². The molecule has 0 unspecified atom stereocenters. The number of ketones is 1. The lowest BCUT2D eigenvalue weighted by Crippen LogP contribution is -2.16. The third kappa shape index (κ3) is 5.04. The normalized spacial score (nSPS) is 10.7. The number of ether oxygens (including phenoxy) is 2. The Morgan fingerprint density at radius 3 is 2.81 bits per heavy atom. The maximum absolute atomic E-state index is 11.8. The second-order valence-corrected chi connectivity index (χ2v) is 6.87. The Labute approximate surface area is 159 Å². The highest BCUT2D eigenvalue weighted by Crippen LogP contribution is 2.22. The van der Waals surface area contributed by atoms with E-state index in [1.165, 1.54) is 17.4 Å². The Morgan fingerprint density at radius 1 is 1.19 bits per heavy atom. The van der Waals surface area contributed by atoms with E-state index in [9.17, 15) is 14.4 Å². The fourth-order valence-electron chi connectivity index (χ4n) is 2.56. The van der Waals surface area contributed by atoms with Gasteiger partial charge in [0.1, 0.15) is 11.3 Å². The van der Waals surface area contributed by atoms with E-state index in [1.807, 2.05) is 18.4 Å². The molecule has 0 saturated heterocycles. The number of esters is 1. The summed E-state index contributed by atoms with van der Waals surface area (Å²) >= 11 is 1.40. The summed E-state index contributed by atoms with van der Waals surface area (Å²) in [7, 11) is 0. The Balaban J connectivity index is 1.44. The molecule has 0 spiro atoms. The second-order valence-electron chi connectivity index (χ2n) is 5.92. The minimum atomic E-state index is -0.524. The van der Waals surface area contributed by atoms with E-state index in [1.54, 1.807) is 24.3 Å². The van der Waals surface area contributed by atoms with Gasteiger partial charge < -0.3 is 13.9 Å². The van der Waals surface area contributed by atoms with Crippen LogP contribution in [0.15, 0.2) is 51.0 Å². The van der Waals surface area contributed by atoms with E-state index >= 15 is 0 Å². The maximum atomic E-state index is 11.8. The van der Waals surface area contributed by atoms with Gasteiger partial charge in [-0.2, -0.15) is 0 Å². The number of thiophene rings is 1. The SMILES string of the molecule is Cc1cc(=O)oc2cc(OCC(=O)OCCCC(=O)c3cccs3)ccc12. The zero-order valence-electron chi connectivity index (χ0n) is 14.7. The summed E-state index contributed by atoms with van der Waals surface area (Å²) in [6, 6.07) is 10.1. The maximum Gasteiger partial charge on any atom is 0.344 e. The van der Waals surface area contributed by atoms with E-state index in [4.69, 9.17) is 13.9 Å². The van der Waals surface area contributed by atoms with Gasteiger partial charge in [0.2, 0.25) is 0 Å². The van der Waals surface area contributed by atoms with Crippen LogP contribution in [0.5, 0.6) is 5.75 Å². The number of aryl methyl sites for hydroxylation is 1. The molecule has 1 aromatic carbocycles. The first kappa shape index (κ1) is 18.8. The van der Waals surface area contributed by atoms with Crippen LogP contribution in [0.4, 0.5) is 0 Å². The monoisotopic (exact) mass is 386 g/mol. The molecule has 0 saturated carbocycles. The average Bonchev–Trinajstić information content (AvgIpc) is 3.17. The molecule has 0 bridgehead atoms. The molecule has 0 aliphatic carbocycles. The van der Waals surface area contributed by atoms with Crippen molar-refractivity contribution in [2.24, 2.45) is 0 Å². The molecule has 27 heavy (non-hydrogen) atoms. The standard InChI is InChI=1S/C20H18O6S/c1-13-10-19(22)26-17-11-14(6-7-15(13)17)25-12-20(23)24-8-2-4-16(21)18-5-3-9-27-18/h3,5-7,9-11H,2,4,8,12H2,1H3. The first-order valence-corrected chi connectivity index (χ1v) is 9.30. The van der Waals surface area contributed by atoms with Crippen LogP contribution >= 0.6 is 11.3 Å². The average molecular weight is 386 g/mol. The quantitative estimate of drug-likeness (QED) is 0.254. The second kappa shape index (κ2) is 8.64. The van der Waals surface area contributed by atoms with Crippen molar-refractivity contribution in [2.75, 3.05) is 13.2 Å². The third-order valence-corrected chi connectivity index (χ3v) is 4.80. The van der Waals surface area contributed by atoms with E-state index in [-0.39, 0.29) is 19.0 Å². The van der Waals surface area contributed by atoms with Crippen LogP contribution in [0.2, 0.25) is 0 Å². The fourth-order valence-corrected chi connectivity index (χ4v) is 3.25. The van der Waals surface area contributed by atoms with Crippen molar-refractivity contribution < 1.29 is 23.5 Å². The first-order chi connectivity index (χ1) is 13.0. The highest BCUT2D eigenvalue weighted by atomic mass is 32.1. The van der Waals surface area contributed by atoms with Crippen molar-refractivity contribution in [1.29, 1.82) is 0 Å². The van der Waals surface area contributed by atoms with E-state index in [0.717, 1.165) is 10.9 Å². The molecule has 0 aliphatic rings. The van der Waals surface area contributed by atoms with Crippen molar-refractivity contribution in [2.45, 2.75) is 19.8 Å². The molecule has 2 aromatic heterocycles. The molecule has 3 rings (SSSR count). The summed E-state index contributed by atoms with van der Waals surface area (Å²) < 4.78 is 15.6. The van der Waals surface area contributed by atoms with Gasteiger partial charge in [-0.15, -0.1) is 11.3 Å². The van der Waals surface area contributed by atoms with Crippen molar-refractivity contribution in [3.05, 3.63) is 62.6 Å². The van der Waals surface area contributed by atoms with Crippen molar-refractivity contribution >= 4 is 34.1 Å². The minimum absolute atomic E-state index is 0.0465. The van der Waals surface area contributed by atoms with Crippen LogP contribution in [0.25, 0.3) is 11.0 Å². The predicted octanol–water partition coefficient (Wildman–Crippen LogP) is 3.75. The lowest BCUT2D eigenvalue weighted by molar-refractivity contribution is -0.146. The summed E-state index contributed by atoms with van der Waals surface area (Å²) in [4.78, 5) is 35.7. The Morgan fingerprint density at radius 2 is 2.04 bits per heavy atom. The summed E-state index contributed by atoms with van der Waals surface area (Å²) in [6.45, 7) is 1.71. The molecule has 6 nitrogen and oxygen atoms in total. The molecule has 0 radical (unpaired) electrons. The van der Waals surface area contributed by atoms with Gasteiger partial charge in [0.05, 0.1) is 11.5 Å². The lowest BCUT2D eigenvalue weighted by Gasteiger charge is -2.08. The predicted molar refractivity (Wildman–Crippen MR) is 102 cm³/mol. The van der Waals surface area contributed by atoms with Gasteiger partial charge in [-0.05, 0) is 42.5 Å². The molecule has 0 fully saturated rings. The largest absolute Gasteiger partial charge is 0.482 e. The zero-order chi connectivity index (χ0) is 19.2. The topological polar surface area (TPSA) is 82.8 Å². The highest BCUT2D eigenvalue weighted by Gasteiger charge is 2.09. The van der Waals surface area contributed by atoms with Gasteiger partial charge in [0.15, 0.2) is 12.4 Å². The number of fused-ring (bicyclic) bond motifs is 1. The third-order valence-electron chi connectivity index (χ3n) is 3.89. The molecule has 0 atom stereocenters. The molecular weight excluding hydrogens is 368 g/mol. The number of carbonyl (C=O) groups is 2. The van der Waals surface area contributed by atoms with Gasteiger partial charge in [-0.1, -0.05) is 6.07 Å². The molecule has 0 aliphatic heterocycles. The lowest BCUT2D eigenvalue weighted by atomic mass is 10.1. The molecule has 7 heteroatoms. The molecule has 2 heterocycles. The van der Waals surface area contributed by atoms with E-state index < -0.39 is 11.6 Å². The van der Waals surface area contributed by atoms with Gasteiger partial charge in [0.25, 0.3) is 0 Å². The number of hydrogen-bond donors (Lipinski definition) is 0. The van der Waals surface area contributed by atoms with Crippen LogP contribution in [-0.4, -0.2) is 25.0 Å². The molecule has 140 valence electrons. The number of carbonyl (C=O) groups excluding carboxylic acids is 2. The smallest absolute Gasteiger partial charge is 0.344 e. The summed E-state index contributed by atoms with van der Waals surface area (Å²) in [5, 5.41) is 2.66. The van der Waals surface area contributed by atoms with Crippen molar-refractivity contribution in [3.8, 4) is 5.75 Å². The van der Waals surface area contributed by atoms with Crippen LogP contribution < -0.4 is 10.4 Å². The van der Waals surface area contributed by atoms with Crippen LogP contribution in [0, 0.1) is 6.92 Å². The molecule has 0 amide bonds. The minimum Gasteiger partial charge on any atom is -0.482 e. The Kier molecular flexibility index (Phi) is 6.03. The van der Waals surface area contributed by atoms with E-state index in [0.29, 0.717) is 29.1 Å². The summed E-state index contributed by atoms with van der Waals surface area (Å²) in [5.41, 5.74) is 0.774. The zero-order valence-corrected chi connectivity index (χ0v) is 15.5. The Bertz CT molecular complexity index is 1000. The molecule has 3 aromatic rings. The van der Waals surface area contributed by atoms with Gasteiger partial charge in [-0.25, -0.2) is 9.59 Å². The fraction of sp³-hybridized carbons (Fsp3) is 0.250. The van der Waals surface area contributed by atoms with Gasteiger partial charge in [0, 0.05) is 23.9 Å². The molecule has 0 N–H and O–H groups in total. The van der Waals surface area contributed by atoms with Gasteiger partial charge in [-0.3, -0.25) is 4.79 Å². The summed E-state index contributed by atoms with van der Waals surface area (Å²) in [6.07, 6.45) is 0.792. The molecular formula is C20H18O6S. The van der Waals surface area contributed by atoms with Crippen LogP contribution in [-0.2, 0) is 9.53 Å². The van der Waals surface area contributed by atoms with Crippen molar-refractivity contribution in [3.63, 3.8) is 0 Å². The van der Waals surface area contributed by atoms with Crippen LogP contribution in [0.1, 0.15) is 28.1 Å². The van der Waals surface area contributed by atoms with Gasteiger partial charge >= 0.3 is 11.6 Å². The number of benzene rings is 1. The Hall–Kier alpha value is -2.93. The number of hydrogen-bond acceptors (Lipinski definition) is 7. The van der Waals surface area contributed by atoms with Crippen molar-refractivity contribution in [1.82, 2.24) is 0 Å². The van der Waals surface area contributed by atoms with Crippen LogP contribution in [0.3, 0.4) is 0 Å². The number of rotatable bonds is 8. The summed E-state index contributed by atoms with van der Waals surface area (Å²) in [5.74, 6) is -0.0734.